The number of thioether (sulfide) groups is 1. The minimum absolute atomic E-state index is 0.0963. The molecule has 0 saturated carbocycles. The summed E-state index contributed by atoms with van der Waals surface area (Å²) in [5.74, 6) is 1.66. The average molecular weight is 455 g/mol. The molecule has 7 heteroatoms. The van der Waals surface area contributed by atoms with E-state index in [2.05, 4.69) is 21.6 Å². The number of rotatable bonds is 7. The zero-order valence-corrected chi connectivity index (χ0v) is 18.9. The molecule has 1 amide bonds. The number of nitrogens with one attached hydrogen (secondary N) is 1. The van der Waals surface area contributed by atoms with Gasteiger partial charge in [0.15, 0.2) is 11.0 Å². The van der Waals surface area contributed by atoms with Crippen LogP contribution in [0.15, 0.2) is 94.7 Å². The standard InChI is InChI=1S/C26H22N4O2S/c1-18-7-4-10-20(15-18)25-28-29-26(30(25)16-21-11-6-14-32-21)33-17-24(31)27-23-13-5-9-19-8-2-3-12-22(19)23/h2-15H,16-17H2,1H3,(H,27,31). The lowest BCUT2D eigenvalue weighted by atomic mass is 10.1. The molecule has 1 N–H and O–H groups in total. The van der Waals surface area contributed by atoms with Crippen LogP contribution >= 0.6 is 11.8 Å². The van der Waals surface area contributed by atoms with Crippen LogP contribution in [0.2, 0.25) is 0 Å². The summed E-state index contributed by atoms with van der Waals surface area (Å²) in [4.78, 5) is 12.8. The van der Waals surface area contributed by atoms with Crippen LogP contribution in [0.5, 0.6) is 0 Å². The second kappa shape index (κ2) is 9.34. The lowest BCUT2D eigenvalue weighted by molar-refractivity contribution is -0.113. The second-order valence-electron chi connectivity index (χ2n) is 7.70. The van der Waals surface area contributed by atoms with Crippen LogP contribution in [0.25, 0.3) is 22.2 Å². The van der Waals surface area contributed by atoms with Gasteiger partial charge in [-0.2, -0.15) is 0 Å². The first-order chi connectivity index (χ1) is 16.2. The third-order valence-corrected chi connectivity index (χ3v) is 6.25. The zero-order valence-electron chi connectivity index (χ0n) is 18.1. The molecule has 0 aliphatic rings. The van der Waals surface area contributed by atoms with Gasteiger partial charge in [0, 0.05) is 16.6 Å². The van der Waals surface area contributed by atoms with E-state index in [1.807, 2.05) is 84.3 Å². The van der Waals surface area contributed by atoms with Crippen LogP contribution in [-0.4, -0.2) is 26.4 Å². The van der Waals surface area contributed by atoms with E-state index in [1.165, 1.54) is 11.8 Å². The van der Waals surface area contributed by atoms with E-state index >= 15 is 0 Å². The van der Waals surface area contributed by atoms with Crippen molar-refractivity contribution < 1.29 is 9.21 Å². The fourth-order valence-corrected chi connectivity index (χ4v) is 4.48. The quantitative estimate of drug-likeness (QED) is 0.316. The largest absolute Gasteiger partial charge is 0.467 e. The van der Waals surface area contributed by atoms with Gasteiger partial charge in [0.05, 0.1) is 18.6 Å². The van der Waals surface area contributed by atoms with E-state index in [9.17, 15) is 4.79 Å². The first kappa shape index (κ1) is 21.0. The fraction of sp³-hybridized carbons (Fsp3) is 0.115. The maximum atomic E-state index is 12.8. The molecule has 0 aliphatic carbocycles. The summed E-state index contributed by atoms with van der Waals surface area (Å²) in [6.45, 7) is 2.53. The Labute approximate surface area is 195 Å². The van der Waals surface area contributed by atoms with Crippen molar-refractivity contribution in [2.75, 3.05) is 11.1 Å². The minimum atomic E-state index is -0.0963. The summed E-state index contributed by atoms with van der Waals surface area (Å²) in [6, 6.07) is 25.8. The Kier molecular flexibility index (Phi) is 5.95. The zero-order chi connectivity index (χ0) is 22.6. The molecule has 6 nitrogen and oxygen atoms in total. The Morgan fingerprint density at radius 2 is 1.85 bits per heavy atom. The normalized spacial score (nSPS) is 11.1. The topological polar surface area (TPSA) is 73.0 Å². The van der Waals surface area contributed by atoms with Gasteiger partial charge in [-0.25, -0.2) is 0 Å². The smallest absolute Gasteiger partial charge is 0.234 e. The summed E-state index contributed by atoms with van der Waals surface area (Å²) in [6.07, 6.45) is 1.65. The number of nitrogens with zero attached hydrogens (tertiary/aromatic N) is 3. The van der Waals surface area contributed by atoms with Crippen molar-refractivity contribution in [1.29, 1.82) is 0 Å². The van der Waals surface area contributed by atoms with Crippen LogP contribution in [0.3, 0.4) is 0 Å². The first-order valence-electron chi connectivity index (χ1n) is 10.6. The highest BCUT2D eigenvalue weighted by atomic mass is 32.2. The molecule has 5 rings (SSSR count). The van der Waals surface area contributed by atoms with Gasteiger partial charge in [0.25, 0.3) is 0 Å². The lowest BCUT2D eigenvalue weighted by Crippen LogP contribution is -2.15. The molecule has 0 spiro atoms. The van der Waals surface area contributed by atoms with Crippen molar-refractivity contribution in [3.05, 3.63) is 96.4 Å². The maximum absolute atomic E-state index is 12.8. The summed E-state index contributed by atoms with van der Waals surface area (Å²) >= 11 is 1.36. The highest BCUT2D eigenvalue weighted by molar-refractivity contribution is 7.99. The van der Waals surface area contributed by atoms with E-state index in [0.717, 1.165) is 39.2 Å². The van der Waals surface area contributed by atoms with Gasteiger partial charge >= 0.3 is 0 Å². The van der Waals surface area contributed by atoms with Crippen LogP contribution < -0.4 is 5.32 Å². The van der Waals surface area contributed by atoms with E-state index in [1.54, 1.807) is 6.26 Å². The molecule has 0 unspecified atom stereocenters. The van der Waals surface area contributed by atoms with Crippen molar-refractivity contribution in [3.8, 4) is 11.4 Å². The summed E-state index contributed by atoms with van der Waals surface area (Å²) < 4.78 is 7.55. The minimum Gasteiger partial charge on any atom is -0.467 e. The van der Waals surface area contributed by atoms with Crippen molar-refractivity contribution >= 4 is 34.1 Å². The number of aryl methyl sites for hydroxylation is 1. The average Bonchev–Trinajstić information content (AvgIpc) is 3.48. The lowest BCUT2D eigenvalue weighted by Gasteiger charge is -2.10. The predicted octanol–water partition coefficient (Wildman–Crippen LogP) is 5.78. The molecule has 3 aromatic carbocycles. The highest BCUT2D eigenvalue weighted by Gasteiger charge is 2.17. The Hall–Kier alpha value is -3.84. The van der Waals surface area contributed by atoms with Gasteiger partial charge in [0.2, 0.25) is 5.91 Å². The number of furan rings is 1. The van der Waals surface area contributed by atoms with Crippen molar-refractivity contribution in [2.24, 2.45) is 0 Å². The molecular formula is C26H22N4O2S. The number of hydrogen-bond donors (Lipinski definition) is 1. The molecule has 0 saturated heterocycles. The number of hydrogen-bond acceptors (Lipinski definition) is 5. The van der Waals surface area contributed by atoms with Gasteiger partial charge in [-0.1, -0.05) is 71.9 Å². The van der Waals surface area contributed by atoms with Gasteiger partial charge in [-0.3, -0.25) is 9.36 Å². The molecule has 33 heavy (non-hydrogen) atoms. The Bertz CT molecular complexity index is 1400. The van der Waals surface area contributed by atoms with Gasteiger partial charge in [-0.05, 0) is 36.6 Å². The van der Waals surface area contributed by atoms with E-state index in [4.69, 9.17) is 4.42 Å². The first-order valence-corrected chi connectivity index (χ1v) is 11.6. The monoisotopic (exact) mass is 454 g/mol. The van der Waals surface area contributed by atoms with Crippen molar-refractivity contribution in [3.63, 3.8) is 0 Å². The van der Waals surface area contributed by atoms with Crippen LogP contribution in [-0.2, 0) is 11.3 Å². The SMILES string of the molecule is Cc1cccc(-c2nnc(SCC(=O)Nc3cccc4ccccc34)n2Cc2ccco2)c1. The molecule has 164 valence electrons. The number of anilines is 1. The molecule has 0 aliphatic heterocycles. The molecule has 0 fully saturated rings. The number of aromatic nitrogens is 3. The number of carbonyl (C=O) groups excluding carboxylic acids is 1. The number of carbonyl (C=O) groups is 1. The van der Waals surface area contributed by atoms with E-state index in [0.29, 0.717) is 11.7 Å². The highest BCUT2D eigenvalue weighted by Crippen LogP contribution is 2.27. The van der Waals surface area contributed by atoms with Crippen molar-refractivity contribution in [1.82, 2.24) is 14.8 Å². The molecule has 5 aromatic rings. The molecule has 2 heterocycles. The second-order valence-corrected chi connectivity index (χ2v) is 8.65. The third kappa shape index (κ3) is 4.68. The fourth-order valence-electron chi connectivity index (χ4n) is 3.74. The van der Waals surface area contributed by atoms with Crippen molar-refractivity contribution in [2.45, 2.75) is 18.6 Å². The molecule has 2 aromatic heterocycles. The summed E-state index contributed by atoms with van der Waals surface area (Å²) in [5, 5.41) is 14.6. The maximum Gasteiger partial charge on any atom is 0.234 e. The predicted molar refractivity (Wildman–Crippen MR) is 131 cm³/mol. The molecule has 0 radical (unpaired) electrons. The Morgan fingerprint density at radius 1 is 1.00 bits per heavy atom. The third-order valence-electron chi connectivity index (χ3n) is 5.28. The van der Waals surface area contributed by atoms with Crippen LogP contribution in [0, 0.1) is 6.92 Å². The number of amides is 1. The van der Waals surface area contributed by atoms with Gasteiger partial charge < -0.3 is 9.73 Å². The molecular weight excluding hydrogens is 432 g/mol. The summed E-state index contributed by atoms with van der Waals surface area (Å²) in [5.41, 5.74) is 2.92. The van der Waals surface area contributed by atoms with Crippen LogP contribution in [0.4, 0.5) is 5.69 Å². The van der Waals surface area contributed by atoms with Gasteiger partial charge in [0.1, 0.15) is 5.76 Å². The van der Waals surface area contributed by atoms with E-state index < -0.39 is 0 Å². The van der Waals surface area contributed by atoms with E-state index in [-0.39, 0.29) is 11.7 Å². The van der Waals surface area contributed by atoms with Gasteiger partial charge in [-0.15, -0.1) is 10.2 Å². The molecule has 0 bridgehead atoms. The number of benzene rings is 3. The Balaban J connectivity index is 1.37. The van der Waals surface area contributed by atoms with Crippen LogP contribution in [0.1, 0.15) is 11.3 Å². The number of fused-ring (bicyclic) bond motifs is 1. The summed E-state index contributed by atoms with van der Waals surface area (Å²) in [7, 11) is 0. The Morgan fingerprint density at radius 3 is 2.70 bits per heavy atom. The molecule has 0 atom stereocenters.